The van der Waals surface area contributed by atoms with Crippen LogP contribution in [0.2, 0.25) is 10.0 Å². The third kappa shape index (κ3) is 4.50. The van der Waals surface area contributed by atoms with E-state index in [0.29, 0.717) is 22.1 Å². The van der Waals surface area contributed by atoms with Gasteiger partial charge in [-0.1, -0.05) is 41.4 Å². The van der Waals surface area contributed by atoms with Gasteiger partial charge < -0.3 is 10.6 Å². The molecule has 0 radical (unpaired) electrons. The van der Waals surface area contributed by atoms with Gasteiger partial charge in [-0.25, -0.2) is 4.79 Å². The molecule has 2 aromatic carbocycles. The van der Waals surface area contributed by atoms with Crippen molar-refractivity contribution in [3.63, 3.8) is 0 Å². The maximum Gasteiger partial charge on any atom is 0.323 e. The molecule has 0 fully saturated rings. The Morgan fingerprint density at radius 3 is 2.55 bits per heavy atom. The molecular weight excluding hydrogens is 433 g/mol. The first-order valence-corrected chi connectivity index (χ1v) is 10.4. The lowest BCUT2D eigenvalue weighted by Crippen LogP contribution is -2.22. The standard InChI is InChI=1S/C23H21Cl2N5O/c1-23(2,3)30-13-19(28-22(31)27-18-6-4-5-17(24)20(18)25)21(29-30)15-7-8-16-12-26-10-9-14(16)11-15/h4-13H,1-3H3,(H2,27,28,31). The maximum atomic E-state index is 12.7. The Labute approximate surface area is 190 Å². The largest absolute Gasteiger partial charge is 0.323 e. The fourth-order valence-electron chi connectivity index (χ4n) is 3.13. The first kappa shape index (κ1) is 21.2. The van der Waals surface area contributed by atoms with Crippen LogP contribution in [0.25, 0.3) is 22.0 Å². The lowest BCUT2D eigenvalue weighted by Gasteiger charge is -2.18. The molecule has 4 rings (SSSR count). The summed E-state index contributed by atoms with van der Waals surface area (Å²) in [5, 5.41) is 13.1. The predicted octanol–water partition coefficient (Wildman–Crippen LogP) is 6.80. The van der Waals surface area contributed by atoms with Crippen molar-refractivity contribution in [1.29, 1.82) is 0 Å². The van der Waals surface area contributed by atoms with E-state index in [4.69, 9.17) is 28.3 Å². The molecule has 6 nitrogen and oxygen atoms in total. The fourth-order valence-corrected chi connectivity index (χ4v) is 3.48. The van der Waals surface area contributed by atoms with Gasteiger partial charge in [-0.05, 0) is 50.4 Å². The highest BCUT2D eigenvalue weighted by Gasteiger charge is 2.21. The Bertz CT molecular complexity index is 1280. The van der Waals surface area contributed by atoms with Gasteiger partial charge in [-0.15, -0.1) is 0 Å². The maximum absolute atomic E-state index is 12.7. The minimum Gasteiger partial charge on any atom is -0.306 e. The van der Waals surface area contributed by atoms with Crippen LogP contribution in [-0.2, 0) is 5.54 Å². The molecule has 0 atom stereocenters. The molecule has 4 aromatic rings. The molecule has 2 aromatic heterocycles. The number of hydrogen-bond acceptors (Lipinski definition) is 3. The van der Waals surface area contributed by atoms with Gasteiger partial charge >= 0.3 is 6.03 Å². The van der Waals surface area contributed by atoms with Crippen molar-refractivity contribution in [1.82, 2.24) is 14.8 Å². The highest BCUT2D eigenvalue weighted by molar-refractivity contribution is 6.44. The van der Waals surface area contributed by atoms with Crippen molar-refractivity contribution < 1.29 is 4.79 Å². The first-order valence-electron chi connectivity index (χ1n) is 9.69. The lowest BCUT2D eigenvalue weighted by atomic mass is 10.1. The summed E-state index contributed by atoms with van der Waals surface area (Å²) in [7, 11) is 0. The van der Waals surface area contributed by atoms with Gasteiger partial charge in [0.2, 0.25) is 0 Å². The summed E-state index contributed by atoms with van der Waals surface area (Å²) >= 11 is 12.2. The molecule has 0 aliphatic heterocycles. The van der Waals surface area contributed by atoms with Gasteiger partial charge in [-0.2, -0.15) is 5.10 Å². The van der Waals surface area contributed by atoms with Crippen molar-refractivity contribution in [3.8, 4) is 11.3 Å². The predicted molar refractivity (Wildman–Crippen MR) is 127 cm³/mol. The van der Waals surface area contributed by atoms with E-state index in [0.717, 1.165) is 16.3 Å². The van der Waals surface area contributed by atoms with Crippen molar-refractivity contribution in [2.45, 2.75) is 26.3 Å². The second-order valence-electron chi connectivity index (χ2n) is 8.12. The average Bonchev–Trinajstić information content (AvgIpc) is 3.15. The number of anilines is 2. The molecule has 0 aliphatic carbocycles. The summed E-state index contributed by atoms with van der Waals surface area (Å²) in [6, 6.07) is 12.6. The average molecular weight is 454 g/mol. The number of pyridine rings is 1. The summed E-state index contributed by atoms with van der Waals surface area (Å²) in [5.74, 6) is 0. The Morgan fingerprint density at radius 2 is 1.77 bits per heavy atom. The summed E-state index contributed by atoms with van der Waals surface area (Å²) in [6.07, 6.45) is 5.39. The smallest absolute Gasteiger partial charge is 0.306 e. The van der Waals surface area contributed by atoms with Crippen molar-refractivity contribution in [2.75, 3.05) is 10.6 Å². The number of fused-ring (bicyclic) bond motifs is 1. The molecule has 2 N–H and O–H groups in total. The molecule has 0 aliphatic rings. The van der Waals surface area contributed by atoms with E-state index < -0.39 is 6.03 Å². The van der Waals surface area contributed by atoms with E-state index in [2.05, 4.69) is 15.6 Å². The number of amides is 2. The second kappa shape index (κ2) is 8.21. The molecule has 2 amide bonds. The van der Waals surface area contributed by atoms with Crippen molar-refractivity contribution in [3.05, 3.63) is 71.1 Å². The number of nitrogens with one attached hydrogen (secondary N) is 2. The molecule has 158 valence electrons. The van der Waals surface area contributed by atoms with Gasteiger partial charge in [0.05, 0.1) is 27.0 Å². The number of benzene rings is 2. The highest BCUT2D eigenvalue weighted by Crippen LogP contribution is 2.32. The number of hydrogen-bond donors (Lipinski definition) is 2. The lowest BCUT2D eigenvalue weighted by molar-refractivity contribution is 0.262. The first-order chi connectivity index (χ1) is 14.7. The van der Waals surface area contributed by atoms with Gasteiger partial charge in [0.1, 0.15) is 5.69 Å². The zero-order chi connectivity index (χ0) is 22.2. The third-order valence-electron chi connectivity index (χ3n) is 4.76. The van der Waals surface area contributed by atoms with Crippen molar-refractivity contribution in [2.24, 2.45) is 0 Å². The molecule has 0 unspecified atom stereocenters. The van der Waals surface area contributed by atoms with E-state index in [9.17, 15) is 4.79 Å². The third-order valence-corrected chi connectivity index (χ3v) is 5.58. The van der Waals surface area contributed by atoms with Crippen LogP contribution in [0.5, 0.6) is 0 Å². The normalized spacial score (nSPS) is 11.5. The summed E-state index contributed by atoms with van der Waals surface area (Å²) < 4.78 is 1.83. The Balaban J connectivity index is 1.70. The Kier molecular flexibility index (Phi) is 5.60. The van der Waals surface area contributed by atoms with Crippen LogP contribution in [0.3, 0.4) is 0 Å². The van der Waals surface area contributed by atoms with Crippen molar-refractivity contribution >= 4 is 51.4 Å². The summed E-state index contributed by atoms with van der Waals surface area (Å²) in [5.41, 5.74) is 2.30. The fraction of sp³-hybridized carbons (Fsp3) is 0.174. The highest BCUT2D eigenvalue weighted by atomic mass is 35.5. The number of carbonyl (C=O) groups is 1. The Hall–Kier alpha value is -3.09. The quantitative estimate of drug-likeness (QED) is 0.358. The van der Waals surface area contributed by atoms with Gasteiger partial charge in [-0.3, -0.25) is 9.67 Å². The number of rotatable bonds is 3. The topological polar surface area (TPSA) is 71.8 Å². The monoisotopic (exact) mass is 453 g/mol. The summed E-state index contributed by atoms with van der Waals surface area (Å²) in [4.78, 5) is 16.9. The second-order valence-corrected chi connectivity index (χ2v) is 8.91. The molecule has 8 heteroatoms. The number of carbonyl (C=O) groups excluding carboxylic acids is 1. The molecule has 0 spiro atoms. The van der Waals surface area contributed by atoms with E-state index in [1.165, 1.54) is 0 Å². The summed E-state index contributed by atoms with van der Waals surface area (Å²) in [6.45, 7) is 6.14. The van der Waals surface area contributed by atoms with E-state index in [-0.39, 0.29) is 10.6 Å². The van der Waals surface area contributed by atoms with Gasteiger partial charge in [0.25, 0.3) is 0 Å². The Morgan fingerprint density at radius 1 is 1.00 bits per heavy atom. The molecule has 0 saturated heterocycles. The zero-order valence-electron chi connectivity index (χ0n) is 17.3. The van der Waals surface area contributed by atoms with Crippen LogP contribution < -0.4 is 10.6 Å². The number of nitrogens with zero attached hydrogens (tertiary/aromatic N) is 3. The van der Waals surface area contributed by atoms with E-state index in [1.807, 2.05) is 62.1 Å². The van der Waals surface area contributed by atoms with E-state index in [1.54, 1.807) is 24.4 Å². The number of halogens is 2. The zero-order valence-corrected chi connectivity index (χ0v) is 18.8. The van der Waals surface area contributed by atoms with Gasteiger partial charge in [0.15, 0.2) is 0 Å². The van der Waals surface area contributed by atoms with Crippen LogP contribution in [0.1, 0.15) is 20.8 Å². The van der Waals surface area contributed by atoms with Crippen LogP contribution in [0.4, 0.5) is 16.2 Å². The number of urea groups is 1. The molecule has 0 bridgehead atoms. The van der Waals surface area contributed by atoms with Gasteiger partial charge in [0, 0.05) is 29.5 Å². The van der Waals surface area contributed by atoms with Crippen LogP contribution in [0, 0.1) is 0 Å². The van der Waals surface area contributed by atoms with Crippen LogP contribution >= 0.6 is 23.2 Å². The molecule has 2 heterocycles. The van der Waals surface area contributed by atoms with Crippen LogP contribution in [-0.4, -0.2) is 20.8 Å². The minimum absolute atomic E-state index is 0.262. The van der Waals surface area contributed by atoms with E-state index >= 15 is 0 Å². The van der Waals surface area contributed by atoms with Crippen LogP contribution in [0.15, 0.2) is 61.1 Å². The molecular formula is C23H21Cl2N5O. The number of aromatic nitrogens is 3. The SMILES string of the molecule is CC(C)(C)n1cc(NC(=O)Nc2cccc(Cl)c2Cl)c(-c2ccc3cnccc3c2)n1. The molecule has 0 saturated carbocycles. The minimum atomic E-state index is -0.441. The molecule has 31 heavy (non-hydrogen) atoms.